The van der Waals surface area contributed by atoms with Gasteiger partial charge < -0.3 is 14.5 Å². The molecule has 1 amide bonds. The van der Waals surface area contributed by atoms with E-state index in [1.165, 1.54) is 12.3 Å². The molecule has 6 nitrogen and oxygen atoms in total. The second-order valence-corrected chi connectivity index (χ2v) is 6.92. The molecule has 154 valence electrons. The second kappa shape index (κ2) is 9.22. The van der Waals surface area contributed by atoms with Gasteiger partial charge in [-0.25, -0.2) is 4.79 Å². The van der Waals surface area contributed by atoms with Crippen molar-refractivity contribution in [1.29, 1.82) is 0 Å². The van der Waals surface area contributed by atoms with Gasteiger partial charge in [0.2, 0.25) is 5.78 Å². The fourth-order valence-corrected chi connectivity index (χ4v) is 2.90. The lowest BCUT2D eigenvalue weighted by Gasteiger charge is -2.14. The number of Topliss-reactive ketones (excluding diaryl/α,β-unsaturated/α-hetero) is 1. The van der Waals surface area contributed by atoms with Crippen molar-refractivity contribution in [3.8, 4) is 0 Å². The smallest absolute Gasteiger partial charge is 0.338 e. The van der Waals surface area contributed by atoms with Gasteiger partial charge in [0.25, 0.3) is 5.91 Å². The number of ketones is 1. The van der Waals surface area contributed by atoms with E-state index in [9.17, 15) is 14.4 Å². The summed E-state index contributed by atoms with van der Waals surface area (Å²) in [6.45, 7) is 5.38. The maximum Gasteiger partial charge on any atom is 0.338 e. The largest absolute Gasteiger partial charge is 0.459 e. The van der Waals surface area contributed by atoms with Crippen LogP contribution in [0.25, 0.3) is 0 Å². The summed E-state index contributed by atoms with van der Waals surface area (Å²) >= 11 is 0. The van der Waals surface area contributed by atoms with Gasteiger partial charge in [-0.05, 0) is 55.7 Å². The van der Waals surface area contributed by atoms with Crippen LogP contribution in [0.3, 0.4) is 0 Å². The molecule has 1 N–H and O–H groups in total. The molecule has 0 aliphatic carbocycles. The number of carbonyl (C=O) groups excluding carboxylic acids is 3. The summed E-state index contributed by atoms with van der Waals surface area (Å²) in [7, 11) is 0. The van der Waals surface area contributed by atoms with Crippen LogP contribution < -0.4 is 5.32 Å². The zero-order valence-corrected chi connectivity index (χ0v) is 17.1. The van der Waals surface area contributed by atoms with Crippen LogP contribution in [0.4, 0.5) is 5.69 Å². The first kappa shape index (κ1) is 21.0. The van der Waals surface area contributed by atoms with Crippen molar-refractivity contribution < 1.29 is 23.5 Å². The van der Waals surface area contributed by atoms with Crippen molar-refractivity contribution in [3.05, 3.63) is 88.9 Å². The van der Waals surface area contributed by atoms with E-state index < -0.39 is 18.0 Å². The summed E-state index contributed by atoms with van der Waals surface area (Å²) in [5.41, 5.74) is 3.07. The van der Waals surface area contributed by atoms with Crippen LogP contribution >= 0.6 is 0 Å². The Labute approximate surface area is 174 Å². The summed E-state index contributed by atoms with van der Waals surface area (Å²) in [5.74, 6) is -1.18. The lowest BCUT2D eigenvalue weighted by Crippen LogP contribution is -2.24. The lowest BCUT2D eigenvalue weighted by molar-refractivity contribution is 0.0319. The van der Waals surface area contributed by atoms with Gasteiger partial charge in [0, 0.05) is 11.3 Å². The Hall–Kier alpha value is -3.67. The number of aryl methyl sites for hydroxylation is 2. The van der Waals surface area contributed by atoms with Gasteiger partial charge in [-0.3, -0.25) is 9.59 Å². The third-order valence-corrected chi connectivity index (χ3v) is 4.77. The summed E-state index contributed by atoms with van der Waals surface area (Å²) in [6.07, 6.45) is 1.35. The number of benzene rings is 2. The number of carbonyl (C=O) groups is 3. The molecule has 0 saturated carbocycles. The molecule has 0 fully saturated rings. The van der Waals surface area contributed by atoms with E-state index in [2.05, 4.69) is 5.32 Å². The van der Waals surface area contributed by atoms with Crippen LogP contribution in [0, 0.1) is 6.92 Å². The molecule has 0 bridgehead atoms. The average Bonchev–Trinajstić information content (AvgIpc) is 3.29. The maximum absolute atomic E-state index is 12.6. The van der Waals surface area contributed by atoms with E-state index in [4.69, 9.17) is 9.15 Å². The number of ether oxygens (including phenoxy) is 1. The summed E-state index contributed by atoms with van der Waals surface area (Å²) < 4.78 is 10.4. The summed E-state index contributed by atoms with van der Waals surface area (Å²) in [4.78, 5) is 37.3. The number of nitrogens with one attached hydrogen (secondary N) is 1. The number of esters is 1. The molecule has 1 atom stereocenters. The van der Waals surface area contributed by atoms with E-state index in [0.29, 0.717) is 11.3 Å². The molecular weight excluding hydrogens is 382 g/mol. The van der Waals surface area contributed by atoms with Gasteiger partial charge >= 0.3 is 5.97 Å². The van der Waals surface area contributed by atoms with Crippen molar-refractivity contribution in [2.45, 2.75) is 33.3 Å². The predicted octanol–water partition coefficient (Wildman–Crippen LogP) is 4.83. The molecular formula is C24H23NO5. The molecule has 3 aromatic rings. The Balaban J connectivity index is 1.69. The number of anilines is 1. The fraction of sp³-hybridized carbons (Fsp3) is 0.208. The Bertz CT molecular complexity index is 1050. The van der Waals surface area contributed by atoms with E-state index in [1.807, 2.05) is 19.1 Å². The predicted molar refractivity (Wildman–Crippen MR) is 113 cm³/mol. The molecule has 0 radical (unpaired) electrons. The molecule has 1 aromatic heterocycles. The van der Waals surface area contributed by atoms with Gasteiger partial charge in [0.15, 0.2) is 11.9 Å². The fourth-order valence-electron chi connectivity index (χ4n) is 2.90. The SMILES string of the molecule is CCc1ccc(C(=O)[C@@H](C)OC(=O)c2ccc(C)c(NC(=O)c3ccco3)c2)cc1. The quantitative estimate of drug-likeness (QED) is 0.449. The molecule has 0 spiro atoms. The number of amides is 1. The zero-order chi connectivity index (χ0) is 21.7. The zero-order valence-electron chi connectivity index (χ0n) is 17.1. The Morgan fingerprint density at radius 3 is 2.37 bits per heavy atom. The Morgan fingerprint density at radius 2 is 1.73 bits per heavy atom. The first-order valence-electron chi connectivity index (χ1n) is 9.68. The van der Waals surface area contributed by atoms with Gasteiger partial charge in [-0.2, -0.15) is 0 Å². The van der Waals surface area contributed by atoms with Crippen molar-refractivity contribution in [1.82, 2.24) is 0 Å². The minimum atomic E-state index is -0.938. The van der Waals surface area contributed by atoms with Crippen LogP contribution in [0.2, 0.25) is 0 Å². The highest BCUT2D eigenvalue weighted by atomic mass is 16.5. The van der Waals surface area contributed by atoms with Crippen LogP contribution in [-0.4, -0.2) is 23.8 Å². The monoisotopic (exact) mass is 405 g/mol. The highest BCUT2D eigenvalue weighted by Gasteiger charge is 2.21. The Kier molecular flexibility index (Phi) is 6.47. The van der Waals surface area contributed by atoms with Crippen LogP contribution in [0.5, 0.6) is 0 Å². The molecule has 6 heteroatoms. The minimum Gasteiger partial charge on any atom is -0.459 e. The molecule has 30 heavy (non-hydrogen) atoms. The van der Waals surface area contributed by atoms with Crippen molar-refractivity contribution in [3.63, 3.8) is 0 Å². The third kappa shape index (κ3) is 4.84. The van der Waals surface area contributed by atoms with E-state index in [1.54, 1.807) is 50.2 Å². The molecule has 0 saturated heterocycles. The highest BCUT2D eigenvalue weighted by molar-refractivity contribution is 6.04. The summed E-state index contributed by atoms with van der Waals surface area (Å²) in [5, 5.41) is 2.71. The first-order chi connectivity index (χ1) is 14.4. The molecule has 1 heterocycles. The summed E-state index contributed by atoms with van der Waals surface area (Å²) in [6, 6.07) is 15.2. The highest BCUT2D eigenvalue weighted by Crippen LogP contribution is 2.20. The van der Waals surface area contributed by atoms with Crippen LogP contribution in [0.1, 0.15) is 56.2 Å². The van der Waals surface area contributed by atoms with Crippen molar-refractivity contribution >= 4 is 23.3 Å². The van der Waals surface area contributed by atoms with Gasteiger partial charge in [-0.1, -0.05) is 37.3 Å². The van der Waals surface area contributed by atoms with E-state index in [0.717, 1.165) is 17.5 Å². The van der Waals surface area contributed by atoms with Crippen LogP contribution in [0.15, 0.2) is 65.3 Å². The van der Waals surface area contributed by atoms with Gasteiger partial charge in [0.05, 0.1) is 11.8 Å². The number of hydrogen-bond donors (Lipinski definition) is 1. The molecule has 2 aromatic carbocycles. The van der Waals surface area contributed by atoms with Gasteiger partial charge in [-0.15, -0.1) is 0 Å². The Morgan fingerprint density at radius 1 is 1.03 bits per heavy atom. The normalized spacial score (nSPS) is 11.6. The van der Waals surface area contributed by atoms with Crippen LogP contribution in [-0.2, 0) is 11.2 Å². The molecule has 0 unspecified atom stereocenters. The third-order valence-electron chi connectivity index (χ3n) is 4.77. The molecule has 0 aliphatic heterocycles. The molecule has 0 aliphatic rings. The number of hydrogen-bond acceptors (Lipinski definition) is 5. The maximum atomic E-state index is 12.6. The number of rotatable bonds is 7. The van der Waals surface area contributed by atoms with E-state index >= 15 is 0 Å². The second-order valence-electron chi connectivity index (χ2n) is 6.92. The number of furan rings is 1. The van der Waals surface area contributed by atoms with Crippen molar-refractivity contribution in [2.24, 2.45) is 0 Å². The topological polar surface area (TPSA) is 85.6 Å². The van der Waals surface area contributed by atoms with Gasteiger partial charge in [0.1, 0.15) is 0 Å². The lowest BCUT2D eigenvalue weighted by atomic mass is 10.0. The first-order valence-corrected chi connectivity index (χ1v) is 9.68. The minimum absolute atomic E-state index is 0.163. The van der Waals surface area contributed by atoms with Crippen molar-refractivity contribution in [2.75, 3.05) is 5.32 Å². The van der Waals surface area contributed by atoms with E-state index in [-0.39, 0.29) is 17.1 Å². The average molecular weight is 405 g/mol. The standard InChI is InChI=1S/C24H23NO5/c1-4-17-8-11-18(12-9-17)22(26)16(3)30-24(28)19-10-7-15(2)20(14-19)25-23(27)21-6-5-13-29-21/h5-14,16H,4H2,1-3H3,(H,25,27)/t16-/m1/s1. The molecule has 3 rings (SSSR count).